The Hall–Kier alpha value is -1.88. The number of carbonyl (C=O) groups is 1. The van der Waals surface area contributed by atoms with Crippen molar-refractivity contribution in [3.8, 4) is 0 Å². The Bertz CT molecular complexity index is 437. The quantitative estimate of drug-likeness (QED) is 0.290. The maximum atomic E-state index is 9.34. The summed E-state index contributed by atoms with van der Waals surface area (Å²) in [6, 6.07) is 4.06. The van der Waals surface area contributed by atoms with Gasteiger partial charge in [-0.05, 0) is 36.1 Å². The van der Waals surface area contributed by atoms with Gasteiger partial charge in [-0.2, -0.15) is 0 Å². The van der Waals surface area contributed by atoms with E-state index in [9.17, 15) is 4.79 Å². The zero-order chi connectivity index (χ0) is 19.8. The third-order valence-corrected chi connectivity index (χ3v) is 3.13. The van der Waals surface area contributed by atoms with Gasteiger partial charge in [0.1, 0.15) is 0 Å². The molecule has 0 aliphatic heterocycles. The van der Waals surface area contributed by atoms with Crippen LogP contribution in [0.1, 0.15) is 58.8 Å². The number of aliphatic imine (C=N–C) groups is 1. The Labute approximate surface area is 158 Å². The third-order valence-electron chi connectivity index (χ3n) is 2.29. The van der Waals surface area contributed by atoms with Crippen molar-refractivity contribution in [3.63, 3.8) is 0 Å². The molecule has 1 aromatic rings. The van der Waals surface area contributed by atoms with Crippen molar-refractivity contribution in [2.24, 2.45) is 10.7 Å². The van der Waals surface area contributed by atoms with Gasteiger partial charge in [0.15, 0.2) is 0 Å². The van der Waals surface area contributed by atoms with Crippen LogP contribution in [0.15, 0.2) is 40.4 Å². The van der Waals surface area contributed by atoms with Crippen LogP contribution in [-0.4, -0.2) is 26.3 Å². The highest BCUT2D eigenvalue weighted by Crippen LogP contribution is 2.10. The Kier molecular flexibility index (Phi) is 30.2. The highest BCUT2D eigenvalue weighted by atomic mass is 32.1. The van der Waals surface area contributed by atoms with Crippen LogP contribution in [0.5, 0.6) is 0 Å². The van der Waals surface area contributed by atoms with E-state index in [2.05, 4.69) is 23.6 Å². The van der Waals surface area contributed by atoms with E-state index in [4.69, 9.17) is 5.73 Å². The van der Waals surface area contributed by atoms with Gasteiger partial charge < -0.3 is 10.5 Å². The van der Waals surface area contributed by atoms with Crippen molar-refractivity contribution >= 4 is 30.1 Å². The van der Waals surface area contributed by atoms with Crippen LogP contribution >= 0.6 is 11.3 Å². The molecule has 2 N–H and O–H groups in total. The molecule has 0 aliphatic carbocycles. The Morgan fingerprint density at radius 1 is 1.24 bits per heavy atom. The van der Waals surface area contributed by atoms with Gasteiger partial charge in [-0.25, -0.2) is 0 Å². The van der Waals surface area contributed by atoms with Gasteiger partial charge in [0, 0.05) is 23.8 Å². The van der Waals surface area contributed by atoms with Crippen molar-refractivity contribution < 1.29 is 9.53 Å². The summed E-state index contributed by atoms with van der Waals surface area (Å²) in [4.78, 5) is 14.3. The van der Waals surface area contributed by atoms with E-state index in [1.54, 1.807) is 30.7 Å². The fourth-order valence-corrected chi connectivity index (χ4v) is 1.56. The van der Waals surface area contributed by atoms with Crippen molar-refractivity contribution in [2.45, 2.75) is 53.9 Å². The highest BCUT2D eigenvalue weighted by molar-refractivity contribution is 7.10. The van der Waals surface area contributed by atoms with Crippen molar-refractivity contribution in [1.82, 2.24) is 0 Å². The zero-order valence-electron chi connectivity index (χ0n) is 16.7. The summed E-state index contributed by atoms with van der Waals surface area (Å²) in [5.41, 5.74) is 6.37. The van der Waals surface area contributed by atoms with Gasteiger partial charge in [-0.3, -0.25) is 9.79 Å². The van der Waals surface area contributed by atoms with Crippen LogP contribution in [0.3, 0.4) is 0 Å². The normalized spacial score (nSPS) is 10.1. The Morgan fingerprint density at radius 3 is 2.24 bits per heavy atom. The van der Waals surface area contributed by atoms with E-state index in [0.29, 0.717) is 18.8 Å². The molecular formula is C20H36N2O2S. The molecule has 25 heavy (non-hydrogen) atoms. The maximum absolute atomic E-state index is 9.34. The second-order valence-corrected chi connectivity index (χ2v) is 5.37. The molecule has 0 saturated carbocycles. The van der Waals surface area contributed by atoms with Crippen LogP contribution in [0, 0.1) is 0 Å². The number of ether oxygens (including phenoxy) is 1. The standard InChI is InChI=1S/C10H12N2S.C4H8O2.C4H10.C2H6/c1-12-7-6-9(11)4-5-10-3-2-8-13-10;1-2-3-6-4-5;1-3-4-2;1-2/h2-8H,11H2,1H3;4H,2-3H2,1H3;3-4H2,1-2H3;1-2H3/b5-4+,9-6-,12-7?;;;. The molecule has 0 aromatic carbocycles. The van der Waals surface area contributed by atoms with E-state index < -0.39 is 0 Å². The summed E-state index contributed by atoms with van der Waals surface area (Å²) in [5.74, 6) is 0. The number of allylic oxidation sites excluding steroid dienone is 2. The molecule has 1 rings (SSSR count). The summed E-state index contributed by atoms with van der Waals surface area (Å²) in [7, 11) is 1.72. The molecule has 0 radical (unpaired) electrons. The number of hydrogen-bond donors (Lipinski definition) is 1. The first-order valence-electron chi connectivity index (χ1n) is 8.80. The first-order valence-corrected chi connectivity index (χ1v) is 9.68. The zero-order valence-corrected chi connectivity index (χ0v) is 17.5. The second kappa shape index (κ2) is 27.0. The molecule has 1 heterocycles. The molecule has 0 saturated heterocycles. The van der Waals surface area contributed by atoms with E-state index in [-0.39, 0.29) is 0 Å². The van der Waals surface area contributed by atoms with Crippen LogP contribution in [0.2, 0.25) is 0 Å². The fourth-order valence-electron chi connectivity index (χ4n) is 0.947. The fraction of sp³-hybridized carbons (Fsp3) is 0.500. The minimum Gasteiger partial charge on any atom is -0.468 e. The molecular weight excluding hydrogens is 332 g/mol. The van der Waals surface area contributed by atoms with E-state index >= 15 is 0 Å². The number of unbranched alkanes of at least 4 members (excludes halogenated alkanes) is 1. The molecule has 5 heteroatoms. The lowest BCUT2D eigenvalue weighted by Crippen LogP contribution is -1.92. The van der Waals surface area contributed by atoms with Gasteiger partial charge in [0.25, 0.3) is 6.47 Å². The highest BCUT2D eigenvalue weighted by Gasteiger charge is 1.85. The smallest absolute Gasteiger partial charge is 0.293 e. The number of nitrogens with two attached hydrogens (primary N) is 1. The molecule has 4 nitrogen and oxygen atoms in total. The minimum absolute atomic E-state index is 0.462. The number of carbonyl (C=O) groups excluding carboxylic acids is 1. The predicted octanol–water partition coefficient (Wildman–Crippen LogP) is 5.71. The summed E-state index contributed by atoms with van der Waals surface area (Å²) >= 11 is 1.69. The van der Waals surface area contributed by atoms with Crippen molar-refractivity contribution in [3.05, 3.63) is 40.2 Å². The van der Waals surface area contributed by atoms with Gasteiger partial charge in [0.2, 0.25) is 0 Å². The van der Waals surface area contributed by atoms with Crippen LogP contribution in [0.25, 0.3) is 6.08 Å². The van der Waals surface area contributed by atoms with Crippen LogP contribution in [-0.2, 0) is 9.53 Å². The average molecular weight is 369 g/mol. The topological polar surface area (TPSA) is 64.7 Å². The SMILES string of the molecule is CC.CCCC.CCCOC=O.CN=C/C=C(N)/C=C/c1cccs1. The van der Waals surface area contributed by atoms with Crippen LogP contribution in [0.4, 0.5) is 0 Å². The molecule has 0 bridgehead atoms. The van der Waals surface area contributed by atoms with Gasteiger partial charge in [-0.1, -0.05) is 53.5 Å². The van der Waals surface area contributed by atoms with Crippen molar-refractivity contribution in [1.29, 1.82) is 0 Å². The van der Waals surface area contributed by atoms with Gasteiger partial charge in [-0.15, -0.1) is 11.3 Å². The number of thiophene rings is 1. The molecule has 0 atom stereocenters. The maximum Gasteiger partial charge on any atom is 0.293 e. The first kappa shape index (κ1) is 27.9. The van der Waals surface area contributed by atoms with E-state index in [0.717, 1.165) is 6.42 Å². The Morgan fingerprint density at radius 2 is 1.88 bits per heavy atom. The third kappa shape index (κ3) is 27.3. The lowest BCUT2D eigenvalue weighted by Gasteiger charge is -1.87. The number of rotatable bonds is 7. The van der Waals surface area contributed by atoms with E-state index in [1.807, 2.05) is 50.4 Å². The monoisotopic (exact) mass is 368 g/mol. The summed E-state index contributed by atoms with van der Waals surface area (Å²) < 4.78 is 4.30. The Balaban J connectivity index is -0.000000337. The lowest BCUT2D eigenvalue weighted by molar-refractivity contribution is -0.128. The number of hydrogen-bond acceptors (Lipinski definition) is 5. The van der Waals surface area contributed by atoms with Gasteiger partial charge >= 0.3 is 0 Å². The lowest BCUT2D eigenvalue weighted by atomic mass is 10.3. The second-order valence-electron chi connectivity index (χ2n) is 4.39. The average Bonchev–Trinajstić information content (AvgIpc) is 3.19. The molecule has 1 aromatic heterocycles. The molecule has 144 valence electrons. The number of nitrogens with zero attached hydrogens (tertiary/aromatic N) is 1. The largest absolute Gasteiger partial charge is 0.468 e. The summed E-state index contributed by atoms with van der Waals surface area (Å²) in [5, 5.41) is 2.03. The summed E-state index contributed by atoms with van der Waals surface area (Å²) in [6.07, 6.45) is 10.8. The minimum atomic E-state index is 0.462. The summed E-state index contributed by atoms with van der Waals surface area (Å²) in [6.45, 7) is 11.3. The molecule has 0 amide bonds. The molecule has 0 fully saturated rings. The van der Waals surface area contributed by atoms with Gasteiger partial charge in [0.05, 0.1) is 6.61 Å². The predicted molar refractivity (Wildman–Crippen MR) is 114 cm³/mol. The molecule has 0 aliphatic rings. The molecule has 0 unspecified atom stereocenters. The van der Waals surface area contributed by atoms with E-state index in [1.165, 1.54) is 17.7 Å². The molecule has 0 spiro atoms. The first-order chi connectivity index (χ1) is 12.2. The van der Waals surface area contributed by atoms with Crippen molar-refractivity contribution in [2.75, 3.05) is 13.7 Å². The van der Waals surface area contributed by atoms with Crippen LogP contribution < -0.4 is 5.73 Å².